The maximum Gasteiger partial charge on any atom is 0.298 e. The molecule has 0 aliphatic heterocycles. The Morgan fingerprint density at radius 3 is 2.40 bits per heavy atom. The average molecular weight is 334 g/mol. The summed E-state index contributed by atoms with van der Waals surface area (Å²) in [6.07, 6.45) is 1.93. The number of furan rings is 1. The van der Waals surface area contributed by atoms with Crippen LogP contribution in [0.3, 0.4) is 0 Å². The van der Waals surface area contributed by atoms with E-state index in [0.717, 1.165) is 22.4 Å². The van der Waals surface area contributed by atoms with Crippen LogP contribution in [0.2, 0.25) is 0 Å². The zero-order chi connectivity index (χ0) is 17.6. The van der Waals surface area contributed by atoms with Crippen molar-refractivity contribution in [3.8, 4) is 22.8 Å². The van der Waals surface area contributed by atoms with Gasteiger partial charge < -0.3 is 13.9 Å². The summed E-state index contributed by atoms with van der Waals surface area (Å²) < 4.78 is 16.5. The lowest BCUT2D eigenvalue weighted by Gasteiger charge is -2.09. The molecule has 0 fully saturated rings. The van der Waals surface area contributed by atoms with Crippen molar-refractivity contribution < 1.29 is 18.7 Å². The first-order valence-electron chi connectivity index (χ1n) is 7.88. The van der Waals surface area contributed by atoms with E-state index in [2.05, 4.69) is 0 Å². The minimum Gasteiger partial charge on any atom is -0.496 e. The first-order chi connectivity index (χ1) is 12.3. The predicted molar refractivity (Wildman–Crippen MR) is 96.6 cm³/mol. The largest absolute Gasteiger partial charge is 0.496 e. The molecule has 126 valence electrons. The Labute approximate surface area is 146 Å². The summed E-state index contributed by atoms with van der Waals surface area (Å²) in [5.41, 5.74) is 2.51. The highest BCUT2D eigenvalue weighted by molar-refractivity contribution is 5.82. The van der Waals surface area contributed by atoms with Crippen LogP contribution in [0, 0.1) is 0 Å². The van der Waals surface area contributed by atoms with Crippen LogP contribution >= 0.6 is 0 Å². The monoisotopic (exact) mass is 334 g/mol. The fourth-order valence-electron chi connectivity index (χ4n) is 2.75. The average Bonchev–Trinajstić information content (AvgIpc) is 3.13. The molecular formula is C21H18O4. The maximum absolute atomic E-state index is 10.8. The number of para-hydroxylation sites is 2. The van der Waals surface area contributed by atoms with Gasteiger partial charge in [-0.3, -0.25) is 4.79 Å². The lowest BCUT2D eigenvalue weighted by Crippen LogP contribution is -1.95. The Hall–Kier alpha value is -3.27. The predicted octanol–water partition coefficient (Wildman–Crippen LogP) is 4.94. The van der Waals surface area contributed by atoms with Crippen molar-refractivity contribution in [2.45, 2.75) is 6.92 Å². The summed E-state index contributed by atoms with van der Waals surface area (Å²) in [4.78, 5) is 10.8. The van der Waals surface area contributed by atoms with Crippen molar-refractivity contribution in [2.75, 3.05) is 7.11 Å². The van der Waals surface area contributed by atoms with E-state index in [9.17, 15) is 4.79 Å². The summed E-state index contributed by atoms with van der Waals surface area (Å²) in [6, 6.07) is 18.8. The van der Waals surface area contributed by atoms with E-state index < -0.39 is 0 Å². The highest BCUT2D eigenvalue weighted by Gasteiger charge is 2.16. The number of hydrogen-bond acceptors (Lipinski definition) is 4. The lowest BCUT2D eigenvalue weighted by molar-refractivity contribution is -0.120. The molecule has 0 aliphatic carbocycles. The topological polar surface area (TPSA) is 48.7 Å². The number of hydrogen-bond donors (Lipinski definition) is 0. The Morgan fingerprint density at radius 2 is 1.68 bits per heavy atom. The Morgan fingerprint density at radius 1 is 0.960 bits per heavy atom. The van der Waals surface area contributed by atoms with Crippen molar-refractivity contribution in [1.29, 1.82) is 0 Å². The van der Waals surface area contributed by atoms with Crippen LogP contribution in [-0.4, -0.2) is 13.6 Å². The van der Waals surface area contributed by atoms with Gasteiger partial charge in [0, 0.05) is 11.1 Å². The number of carbonyl (C=O) groups is 1. The second-order valence-corrected chi connectivity index (χ2v) is 5.28. The summed E-state index contributed by atoms with van der Waals surface area (Å²) in [5, 5.41) is 0. The number of rotatable bonds is 6. The van der Waals surface area contributed by atoms with Crippen LogP contribution in [0.25, 0.3) is 16.9 Å². The molecule has 25 heavy (non-hydrogen) atoms. The summed E-state index contributed by atoms with van der Waals surface area (Å²) in [6.45, 7) is 2.34. The van der Waals surface area contributed by atoms with Gasteiger partial charge in [0.25, 0.3) is 6.47 Å². The molecule has 0 amide bonds. The fraction of sp³-hybridized carbons (Fsp3) is 0.0952. The molecule has 4 nitrogen and oxygen atoms in total. The van der Waals surface area contributed by atoms with Crippen molar-refractivity contribution in [3.05, 3.63) is 78.1 Å². The normalized spacial score (nSPS) is 11.2. The molecule has 2 aromatic carbocycles. The van der Waals surface area contributed by atoms with Crippen molar-refractivity contribution in [1.82, 2.24) is 0 Å². The minimum absolute atomic E-state index is 0.425. The van der Waals surface area contributed by atoms with E-state index in [0.29, 0.717) is 23.7 Å². The summed E-state index contributed by atoms with van der Waals surface area (Å²) in [7, 11) is 1.63. The van der Waals surface area contributed by atoms with Crippen molar-refractivity contribution >= 4 is 12.0 Å². The van der Waals surface area contributed by atoms with Gasteiger partial charge in [0.15, 0.2) is 0 Å². The van der Waals surface area contributed by atoms with Crippen molar-refractivity contribution in [2.24, 2.45) is 0 Å². The molecule has 3 aromatic rings. The third-order valence-corrected chi connectivity index (χ3v) is 3.88. The van der Waals surface area contributed by atoms with Gasteiger partial charge in [-0.15, -0.1) is 0 Å². The van der Waals surface area contributed by atoms with Gasteiger partial charge in [-0.2, -0.15) is 0 Å². The van der Waals surface area contributed by atoms with Gasteiger partial charge in [0.05, 0.1) is 12.7 Å². The third kappa shape index (κ3) is 3.33. The molecule has 0 spiro atoms. The van der Waals surface area contributed by atoms with E-state index in [4.69, 9.17) is 13.9 Å². The van der Waals surface area contributed by atoms with Crippen LogP contribution in [0.4, 0.5) is 0 Å². The van der Waals surface area contributed by atoms with Gasteiger partial charge in [0.1, 0.15) is 23.0 Å². The SMILES string of the molecule is C/C=C(/c1ccc(-c2ccccc2OC)o1)c1ccccc1OC=O. The number of carbonyl (C=O) groups excluding carboxylic acids is 1. The highest BCUT2D eigenvalue weighted by Crippen LogP contribution is 2.36. The molecule has 0 aliphatic rings. The van der Waals surface area contributed by atoms with Crippen molar-refractivity contribution in [3.63, 3.8) is 0 Å². The molecule has 3 rings (SSSR count). The molecule has 0 radical (unpaired) electrons. The highest BCUT2D eigenvalue weighted by atomic mass is 16.5. The van der Waals surface area contributed by atoms with Crippen LogP contribution in [0.15, 0.2) is 71.2 Å². The smallest absolute Gasteiger partial charge is 0.298 e. The van der Waals surface area contributed by atoms with Crippen LogP contribution < -0.4 is 9.47 Å². The van der Waals surface area contributed by atoms with E-state index in [1.54, 1.807) is 13.2 Å². The van der Waals surface area contributed by atoms with Gasteiger partial charge in [0.2, 0.25) is 0 Å². The Balaban J connectivity index is 2.02. The number of ether oxygens (including phenoxy) is 2. The molecule has 0 saturated carbocycles. The zero-order valence-corrected chi connectivity index (χ0v) is 14.1. The minimum atomic E-state index is 0.425. The quantitative estimate of drug-likeness (QED) is 0.599. The van der Waals surface area contributed by atoms with Gasteiger partial charge in [-0.1, -0.05) is 36.4 Å². The molecule has 0 atom stereocenters. The standard InChI is InChI=1S/C21H18O4/c1-3-15(16-8-4-7-11-19(16)24-14-22)20-12-13-21(25-20)17-9-5-6-10-18(17)23-2/h3-14H,1-2H3/b15-3+. The second kappa shape index (κ2) is 7.53. The number of benzene rings is 2. The molecule has 4 heteroatoms. The fourth-order valence-corrected chi connectivity index (χ4v) is 2.75. The maximum atomic E-state index is 10.8. The molecular weight excluding hydrogens is 316 g/mol. The Bertz CT molecular complexity index is 906. The first-order valence-corrected chi connectivity index (χ1v) is 7.88. The molecule has 1 aromatic heterocycles. The summed E-state index contributed by atoms with van der Waals surface area (Å²) in [5.74, 6) is 2.63. The molecule has 0 N–H and O–H groups in total. The Kier molecular flexibility index (Phi) is 5.00. The summed E-state index contributed by atoms with van der Waals surface area (Å²) >= 11 is 0. The van der Waals surface area contributed by atoms with Gasteiger partial charge >= 0.3 is 0 Å². The third-order valence-electron chi connectivity index (χ3n) is 3.88. The van der Waals surface area contributed by atoms with Crippen LogP contribution in [0.5, 0.6) is 11.5 Å². The van der Waals surface area contributed by atoms with E-state index >= 15 is 0 Å². The first kappa shape index (κ1) is 16.6. The van der Waals surface area contributed by atoms with E-state index in [1.165, 1.54) is 0 Å². The van der Waals surface area contributed by atoms with Crippen LogP contribution in [-0.2, 0) is 4.79 Å². The van der Waals surface area contributed by atoms with Gasteiger partial charge in [-0.25, -0.2) is 0 Å². The molecule has 0 bridgehead atoms. The number of methoxy groups -OCH3 is 1. The molecule has 0 saturated heterocycles. The molecule has 1 heterocycles. The lowest BCUT2D eigenvalue weighted by atomic mass is 10.0. The second-order valence-electron chi connectivity index (χ2n) is 5.28. The van der Waals surface area contributed by atoms with E-state index in [-0.39, 0.29) is 0 Å². The van der Waals surface area contributed by atoms with Crippen LogP contribution in [0.1, 0.15) is 18.2 Å². The van der Waals surface area contributed by atoms with Gasteiger partial charge in [-0.05, 0) is 37.3 Å². The molecule has 0 unspecified atom stereocenters. The van der Waals surface area contributed by atoms with E-state index in [1.807, 2.05) is 67.6 Å². The zero-order valence-electron chi connectivity index (χ0n) is 14.1. The number of allylic oxidation sites excluding steroid dienone is 1.